The maximum Gasteiger partial charge on any atom is 0.573 e. The lowest BCUT2D eigenvalue weighted by Gasteiger charge is -2.09. The summed E-state index contributed by atoms with van der Waals surface area (Å²) >= 11 is 0. The van der Waals surface area contributed by atoms with Gasteiger partial charge in [0.1, 0.15) is 12.4 Å². The smallest absolute Gasteiger partial charge is 0.406 e. The highest BCUT2D eigenvalue weighted by molar-refractivity contribution is 5.97. The summed E-state index contributed by atoms with van der Waals surface area (Å²) in [4.78, 5) is 11.5. The van der Waals surface area contributed by atoms with E-state index in [1.807, 2.05) is 6.92 Å². The normalized spacial score (nSPS) is 11.3. The molecule has 0 aliphatic heterocycles. The lowest BCUT2D eigenvalue weighted by molar-refractivity contribution is -0.274. The first-order chi connectivity index (χ1) is 8.42. The van der Waals surface area contributed by atoms with Crippen LogP contribution in [0.4, 0.5) is 13.2 Å². The zero-order chi connectivity index (χ0) is 13.6. The van der Waals surface area contributed by atoms with E-state index in [4.69, 9.17) is 4.74 Å². The number of carbonyl (C=O) groups excluding carboxylic acids is 1. The summed E-state index contributed by atoms with van der Waals surface area (Å²) in [6, 6.07) is 4.75. The predicted octanol–water partition coefficient (Wildman–Crippen LogP) is 3.19. The van der Waals surface area contributed by atoms with Gasteiger partial charge in [-0.05, 0) is 30.7 Å². The number of ketones is 1. The van der Waals surface area contributed by atoms with Crippen LogP contribution >= 0.6 is 0 Å². The minimum Gasteiger partial charge on any atom is -0.406 e. The fraction of sp³-hybridized carbons (Fsp3) is 0.417. The Morgan fingerprint density at radius 2 is 1.83 bits per heavy atom. The van der Waals surface area contributed by atoms with Crippen molar-refractivity contribution >= 4 is 5.78 Å². The highest BCUT2D eigenvalue weighted by Gasteiger charge is 2.31. The van der Waals surface area contributed by atoms with Crippen LogP contribution in [0.15, 0.2) is 24.3 Å². The Labute approximate surface area is 103 Å². The molecular formula is C12H13F3O3. The van der Waals surface area contributed by atoms with Gasteiger partial charge in [0, 0.05) is 12.2 Å². The molecule has 0 aliphatic carbocycles. The molecule has 0 spiro atoms. The Hall–Kier alpha value is -1.56. The van der Waals surface area contributed by atoms with E-state index in [0.29, 0.717) is 12.2 Å². The van der Waals surface area contributed by atoms with E-state index in [-0.39, 0.29) is 18.1 Å². The molecule has 0 fully saturated rings. The summed E-state index contributed by atoms with van der Waals surface area (Å²) in [7, 11) is 0. The molecule has 0 saturated heterocycles. The average Bonchev–Trinajstić information content (AvgIpc) is 2.28. The second-order valence-corrected chi connectivity index (χ2v) is 3.55. The molecule has 100 valence electrons. The van der Waals surface area contributed by atoms with E-state index < -0.39 is 6.36 Å². The van der Waals surface area contributed by atoms with E-state index in [1.54, 1.807) is 0 Å². The molecule has 0 aliphatic rings. The van der Waals surface area contributed by atoms with Gasteiger partial charge in [0.05, 0.1) is 0 Å². The second-order valence-electron chi connectivity index (χ2n) is 3.55. The Morgan fingerprint density at radius 1 is 1.22 bits per heavy atom. The number of hydrogen-bond acceptors (Lipinski definition) is 3. The number of benzene rings is 1. The van der Waals surface area contributed by atoms with Crippen LogP contribution in [0, 0.1) is 0 Å². The van der Waals surface area contributed by atoms with Crippen molar-refractivity contribution in [3.63, 3.8) is 0 Å². The first kappa shape index (κ1) is 14.5. The Balaban J connectivity index is 2.57. The van der Waals surface area contributed by atoms with E-state index in [0.717, 1.165) is 18.6 Å². The molecule has 0 amide bonds. The summed E-state index contributed by atoms with van der Waals surface area (Å²) in [6.45, 7) is 2.31. The molecule has 0 radical (unpaired) electrons. The quantitative estimate of drug-likeness (QED) is 0.583. The standard InChI is InChI=1S/C12H13F3O3/c1-2-7-17-8-11(16)9-3-5-10(6-4-9)18-12(13,14)15/h3-6H,2,7-8H2,1H3. The molecule has 0 N–H and O–H groups in total. The first-order valence-corrected chi connectivity index (χ1v) is 5.39. The van der Waals surface area contributed by atoms with Crippen molar-refractivity contribution in [2.45, 2.75) is 19.7 Å². The topological polar surface area (TPSA) is 35.5 Å². The van der Waals surface area contributed by atoms with Crippen molar-refractivity contribution in [2.75, 3.05) is 13.2 Å². The predicted molar refractivity (Wildman–Crippen MR) is 58.6 cm³/mol. The molecule has 0 unspecified atom stereocenters. The van der Waals surface area contributed by atoms with Crippen LogP contribution < -0.4 is 4.74 Å². The van der Waals surface area contributed by atoms with Crippen molar-refractivity contribution in [2.24, 2.45) is 0 Å². The van der Waals surface area contributed by atoms with Gasteiger partial charge in [-0.15, -0.1) is 13.2 Å². The fourth-order valence-electron chi connectivity index (χ4n) is 1.24. The third-order valence-corrected chi connectivity index (χ3v) is 1.99. The van der Waals surface area contributed by atoms with Gasteiger partial charge >= 0.3 is 6.36 Å². The van der Waals surface area contributed by atoms with E-state index in [1.165, 1.54) is 12.1 Å². The second kappa shape index (κ2) is 6.39. The van der Waals surface area contributed by atoms with Gasteiger partial charge in [-0.2, -0.15) is 0 Å². The first-order valence-electron chi connectivity index (χ1n) is 5.39. The van der Waals surface area contributed by atoms with Gasteiger partial charge in [-0.3, -0.25) is 4.79 Å². The van der Waals surface area contributed by atoms with E-state index >= 15 is 0 Å². The zero-order valence-corrected chi connectivity index (χ0v) is 9.79. The Kier molecular flexibility index (Phi) is 5.15. The zero-order valence-electron chi connectivity index (χ0n) is 9.79. The summed E-state index contributed by atoms with van der Waals surface area (Å²) < 4.78 is 44.4. The lowest BCUT2D eigenvalue weighted by atomic mass is 10.1. The minimum absolute atomic E-state index is 0.0761. The van der Waals surface area contributed by atoms with Crippen LogP contribution in [0.3, 0.4) is 0 Å². The SMILES string of the molecule is CCCOCC(=O)c1ccc(OC(F)(F)F)cc1. The summed E-state index contributed by atoms with van der Waals surface area (Å²) in [5.41, 5.74) is 0.292. The van der Waals surface area contributed by atoms with Crippen LogP contribution in [0.2, 0.25) is 0 Å². The summed E-state index contributed by atoms with van der Waals surface area (Å²) in [5, 5.41) is 0. The number of ether oxygens (including phenoxy) is 2. The number of Topliss-reactive ketones (excluding diaryl/α,β-unsaturated/α-hetero) is 1. The van der Waals surface area contributed by atoms with Crippen LogP contribution in [0.5, 0.6) is 5.75 Å². The highest BCUT2D eigenvalue weighted by atomic mass is 19.4. The third kappa shape index (κ3) is 5.18. The van der Waals surface area contributed by atoms with Crippen LogP contribution in [0.1, 0.15) is 23.7 Å². The van der Waals surface area contributed by atoms with Crippen molar-refractivity contribution in [3.05, 3.63) is 29.8 Å². The number of alkyl halides is 3. The van der Waals surface area contributed by atoms with Crippen LogP contribution in [0.25, 0.3) is 0 Å². The van der Waals surface area contributed by atoms with Crippen LogP contribution in [-0.2, 0) is 4.74 Å². The van der Waals surface area contributed by atoms with Gasteiger partial charge < -0.3 is 9.47 Å². The molecule has 1 rings (SSSR count). The fourth-order valence-corrected chi connectivity index (χ4v) is 1.24. The van der Waals surface area contributed by atoms with Crippen molar-refractivity contribution in [3.8, 4) is 5.75 Å². The van der Waals surface area contributed by atoms with Gasteiger partial charge in [-0.25, -0.2) is 0 Å². The maximum absolute atomic E-state index is 11.9. The number of hydrogen-bond donors (Lipinski definition) is 0. The highest BCUT2D eigenvalue weighted by Crippen LogP contribution is 2.22. The van der Waals surface area contributed by atoms with Crippen molar-refractivity contribution in [1.29, 1.82) is 0 Å². The Bertz CT molecular complexity index is 385. The van der Waals surface area contributed by atoms with E-state index in [2.05, 4.69) is 4.74 Å². The molecule has 1 aromatic rings. The van der Waals surface area contributed by atoms with Gasteiger partial charge in [-0.1, -0.05) is 6.92 Å². The molecular weight excluding hydrogens is 249 g/mol. The van der Waals surface area contributed by atoms with Gasteiger partial charge in [0.15, 0.2) is 5.78 Å². The molecule has 3 nitrogen and oxygen atoms in total. The van der Waals surface area contributed by atoms with E-state index in [9.17, 15) is 18.0 Å². The molecule has 18 heavy (non-hydrogen) atoms. The summed E-state index contributed by atoms with van der Waals surface area (Å²) in [6.07, 6.45) is -3.93. The van der Waals surface area contributed by atoms with Crippen LogP contribution in [-0.4, -0.2) is 25.4 Å². The van der Waals surface area contributed by atoms with Crippen molar-refractivity contribution in [1.82, 2.24) is 0 Å². The molecule has 1 aromatic carbocycles. The summed E-state index contributed by atoms with van der Waals surface area (Å²) in [5.74, 6) is -0.629. The molecule has 6 heteroatoms. The number of halogens is 3. The van der Waals surface area contributed by atoms with Gasteiger partial charge in [0.25, 0.3) is 0 Å². The largest absolute Gasteiger partial charge is 0.573 e. The molecule has 0 saturated carbocycles. The average molecular weight is 262 g/mol. The molecule has 0 aromatic heterocycles. The monoisotopic (exact) mass is 262 g/mol. The minimum atomic E-state index is -4.73. The number of rotatable bonds is 6. The molecule has 0 heterocycles. The molecule has 0 atom stereocenters. The Morgan fingerprint density at radius 3 is 2.33 bits per heavy atom. The third-order valence-electron chi connectivity index (χ3n) is 1.99. The van der Waals surface area contributed by atoms with Crippen molar-refractivity contribution < 1.29 is 27.4 Å². The maximum atomic E-state index is 11.9. The number of carbonyl (C=O) groups is 1. The molecule has 0 bridgehead atoms. The lowest BCUT2D eigenvalue weighted by Crippen LogP contribution is -2.17. The van der Waals surface area contributed by atoms with Gasteiger partial charge in [0.2, 0.25) is 0 Å².